The van der Waals surface area contributed by atoms with Crippen LogP contribution in [0.5, 0.6) is 11.5 Å². The van der Waals surface area contributed by atoms with Crippen LogP contribution < -0.4 is 9.47 Å². The van der Waals surface area contributed by atoms with Gasteiger partial charge in [0.25, 0.3) is 5.91 Å². The van der Waals surface area contributed by atoms with Gasteiger partial charge in [-0.05, 0) is 57.8 Å². The molecule has 0 N–H and O–H groups in total. The number of thioether (sulfide) groups is 1. The summed E-state index contributed by atoms with van der Waals surface area (Å²) in [5.41, 5.74) is 3.09. The zero-order valence-electron chi connectivity index (χ0n) is 16.1. The molecule has 0 saturated carbocycles. The van der Waals surface area contributed by atoms with E-state index in [2.05, 4.69) is 35.5 Å². The number of hydrogen-bond acceptors (Lipinski definition) is 5. The first-order chi connectivity index (χ1) is 13.9. The summed E-state index contributed by atoms with van der Waals surface area (Å²) in [5, 5.41) is 0. The molecule has 4 nitrogen and oxygen atoms in total. The number of amides is 1. The van der Waals surface area contributed by atoms with Crippen LogP contribution in [0.25, 0.3) is 6.08 Å². The highest BCUT2D eigenvalue weighted by atomic mass is 79.9. The van der Waals surface area contributed by atoms with Crippen molar-refractivity contribution in [3.05, 3.63) is 75.1 Å². The van der Waals surface area contributed by atoms with Crippen LogP contribution in [0, 0.1) is 6.92 Å². The Morgan fingerprint density at radius 3 is 2.76 bits per heavy atom. The van der Waals surface area contributed by atoms with Crippen molar-refractivity contribution in [3.63, 3.8) is 0 Å². The molecule has 3 rings (SSSR count). The second-order valence-corrected chi connectivity index (χ2v) is 8.86. The Morgan fingerprint density at radius 1 is 1.31 bits per heavy atom. The standard InChI is InChI=1S/C22H20BrNO3S2/c1-4-9-24-21(25)19(29-22(24)28)12-15-10-17(23)20(18(11-15)26-3)27-13-16-8-6-5-7-14(16)2/h4-8,10-12H,1,9,13H2,2-3H3/b19-12-. The molecule has 1 saturated heterocycles. The molecular weight excluding hydrogens is 470 g/mol. The number of hydrogen-bond donors (Lipinski definition) is 0. The Morgan fingerprint density at radius 2 is 2.07 bits per heavy atom. The monoisotopic (exact) mass is 489 g/mol. The van der Waals surface area contributed by atoms with Crippen molar-refractivity contribution in [2.24, 2.45) is 0 Å². The average Bonchev–Trinajstić information content (AvgIpc) is 2.95. The van der Waals surface area contributed by atoms with E-state index in [1.165, 1.54) is 22.2 Å². The number of halogens is 1. The van der Waals surface area contributed by atoms with E-state index in [1.807, 2.05) is 30.3 Å². The molecule has 0 bridgehead atoms. The maximum atomic E-state index is 12.5. The zero-order chi connectivity index (χ0) is 21.0. The molecule has 0 spiro atoms. The van der Waals surface area contributed by atoms with Crippen LogP contribution in [-0.2, 0) is 11.4 Å². The molecule has 1 aliphatic heterocycles. The van der Waals surface area contributed by atoms with Gasteiger partial charge in [-0.15, -0.1) is 6.58 Å². The SMILES string of the molecule is C=CCN1C(=O)/C(=C/c2cc(Br)c(OCc3ccccc3C)c(OC)c2)SC1=S. The third kappa shape index (κ3) is 4.91. The van der Waals surface area contributed by atoms with Crippen molar-refractivity contribution in [2.75, 3.05) is 13.7 Å². The molecule has 2 aromatic rings. The van der Waals surface area contributed by atoms with Gasteiger partial charge < -0.3 is 9.47 Å². The second kappa shape index (κ2) is 9.61. The summed E-state index contributed by atoms with van der Waals surface area (Å²) in [4.78, 5) is 14.6. The predicted octanol–water partition coefficient (Wildman–Crippen LogP) is 5.73. The number of methoxy groups -OCH3 is 1. The van der Waals surface area contributed by atoms with Gasteiger partial charge in [0, 0.05) is 6.54 Å². The summed E-state index contributed by atoms with van der Waals surface area (Å²) in [5.74, 6) is 1.09. The van der Waals surface area contributed by atoms with E-state index < -0.39 is 0 Å². The molecule has 0 radical (unpaired) electrons. The molecule has 0 aromatic heterocycles. The van der Waals surface area contributed by atoms with Gasteiger partial charge in [0.15, 0.2) is 11.5 Å². The van der Waals surface area contributed by atoms with Crippen molar-refractivity contribution in [3.8, 4) is 11.5 Å². The third-order valence-electron chi connectivity index (χ3n) is 4.37. The lowest BCUT2D eigenvalue weighted by Gasteiger charge is -2.14. The molecular formula is C22H20BrNO3S2. The molecule has 0 unspecified atom stereocenters. The number of ether oxygens (including phenoxy) is 2. The number of carbonyl (C=O) groups excluding carboxylic acids is 1. The van der Waals surface area contributed by atoms with Gasteiger partial charge in [-0.3, -0.25) is 9.69 Å². The van der Waals surface area contributed by atoms with E-state index in [4.69, 9.17) is 21.7 Å². The molecule has 29 heavy (non-hydrogen) atoms. The molecule has 0 aliphatic carbocycles. The molecule has 0 atom stereocenters. The van der Waals surface area contributed by atoms with Gasteiger partial charge in [-0.1, -0.05) is 54.3 Å². The fourth-order valence-corrected chi connectivity index (χ4v) is 4.67. The zero-order valence-corrected chi connectivity index (χ0v) is 19.3. The van der Waals surface area contributed by atoms with Crippen LogP contribution in [0.1, 0.15) is 16.7 Å². The molecule has 1 fully saturated rings. The molecule has 2 aromatic carbocycles. The Balaban J connectivity index is 1.85. The van der Waals surface area contributed by atoms with Crippen molar-refractivity contribution in [1.82, 2.24) is 4.90 Å². The molecule has 150 valence electrons. The lowest BCUT2D eigenvalue weighted by Crippen LogP contribution is -2.27. The Bertz CT molecular complexity index is 1000. The first-order valence-electron chi connectivity index (χ1n) is 8.85. The van der Waals surface area contributed by atoms with Crippen molar-refractivity contribution in [1.29, 1.82) is 0 Å². The van der Waals surface area contributed by atoms with E-state index in [-0.39, 0.29) is 5.91 Å². The lowest BCUT2D eigenvalue weighted by atomic mass is 10.1. The van der Waals surface area contributed by atoms with Crippen molar-refractivity contribution < 1.29 is 14.3 Å². The van der Waals surface area contributed by atoms with E-state index in [1.54, 1.807) is 19.3 Å². The normalized spacial score (nSPS) is 15.1. The summed E-state index contributed by atoms with van der Waals surface area (Å²) >= 11 is 10.1. The largest absolute Gasteiger partial charge is 0.493 e. The molecule has 1 amide bonds. The van der Waals surface area contributed by atoms with Gasteiger partial charge in [-0.2, -0.15) is 0 Å². The number of nitrogens with zero attached hydrogens (tertiary/aromatic N) is 1. The molecule has 7 heteroatoms. The summed E-state index contributed by atoms with van der Waals surface area (Å²) in [6.07, 6.45) is 3.47. The molecule has 1 aliphatic rings. The summed E-state index contributed by atoms with van der Waals surface area (Å²) in [7, 11) is 1.59. The van der Waals surface area contributed by atoms with Crippen LogP contribution >= 0.6 is 39.9 Å². The minimum atomic E-state index is -0.116. The van der Waals surface area contributed by atoms with E-state index in [0.29, 0.717) is 33.9 Å². The van der Waals surface area contributed by atoms with Crippen LogP contribution in [0.3, 0.4) is 0 Å². The second-order valence-electron chi connectivity index (χ2n) is 6.33. The summed E-state index contributed by atoms with van der Waals surface area (Å²) in [6, 6.07) is 11.8. The van der Waals surface area contributed by atoms with Gasteiger partial charge in [0.2, 0.25) is 0 Å². The number of carbonyl (C=O) groups is 1. The van der Waals surface area contributed by atoms with Crippen molar-refractivity contribution in [2.45, 2.75) is 13.5 Å². The van der Waals surface area contributed by atoms with Crippen molar-refractivity contribution >= 4 is 56.2 Å². The fourth-order valence-electron chi connectivity index (χ4n) is 2.82. The summed E-state index contributed by atoms with van der Waals surface area (Å²) in [6.45, 7) is 6.56. The van der Waals surface area contributed by atoms with Gasteiger partial charge in [0.05, 0.1) is 16.5 Å². The van der Waals surface area contributed by atoms with Gasteiger partial charge in [0.1, 0.15) is 10.9 Å². The van der Waals surface area contributed by atoms with E-state index in [9.17, 15) is 4.79 Å². The predicted molar refractivity (Wildman–Crippen MR) is 126 cm³/mol. The third-order valence-corrected chi connectivity index (χ3v) is 6.33. The van der Waals surface area contributed by atoms with Crippen LogP contribution in [0.2, 0.25) is 0 Å². The molecule has 1 heterocycles. The highest BCUT2D eigenvalue weighted by Crippen LogP contribution is 2.39. The van der Waals surface area contributed by atoms with E-state index in [0.717, 1.165) is 15.6 Å². The Kier molecular flexibility index (Phi) is 7.16. The lowest BCUT2D eigenvalue weighted by molar-refractivity contribution is -0.121. The van der Waals surface area contributed by atoms with Gasteiger partial charge in [-0.25, -0.2) is 0 Å². The van der Waals surface area contributed by atoms with Crippen LogP contribution in [0.4, 0.5) is 0 Å². The highest BCUT2D eigenvalue weighted by molar-refractivity contribution is 9.10. The fraction of sp³-hybridized carbons (Fsp3) is 0.182. The maximum Gasteiger partial charge on any atom is 0.266 e. The van der Waals surface area contributed by atoms with Gasteiger partial charge >= 0.3 is 0 Å². The quantitative estimate of drug-likeness (QED) is 0.282. The Hall–Kier alpha value is -2.09. The smallest absolute Gasteiger partial charge is 0.266 e. The first-order valence-corrected chi connectivity index (χ1v) is 10.9. The maximum absolute atomic E-state index is 12.5. The Labute approximate surface area is 188 Å². The van der Waals surface area contributed by atoms with Crippen LogP contribution in [0.15, 0.2) is 58.4 Å². The van der Waals surface area contributed by atoms with Crippen LogP contribution in [-0.4, -0.2) is 28.8 Å². The number of benzene rings is 2. The van der Waals surface area contributed by atoms with E-state index >= 15 is 0 Å². The topological polar surface area (TPSA) is 38.8 Å². The number of rotatable bonds is 7. The average molecular weight is 490 g/mol. The number of aryl methyl sites for hydroxylation is 1. The minimum absolute atomic E-state index is 0.116. The first kappa shape index (κ1) is 21.6. The minimum Gasteiger partial charge on any atom is -0.493 e. The number of thiocarbonyl (C=S) groups is 1. The highest BCUT2D eigenvalue weighted by Gasteiger charge is 2.31. The summed E-state index contributed by atoms with van der Waals surface area (Å²) < 4.78 is 12.8.